The van der Waals surface area contributed by atoms with E-state index in [0.717, 1.165) is 28.1 Å². The number of rotatable bonds is 7. The largest absolute Gasteiger partial charge is 0.355 e. The van der Waals surface area contributed by atoms with Crippen molar-refractivity contribution in [3.8, 4) is 0 Å². The maximum Gasteiger partial charge on any atom is 0.230 e. The molecule has 0 spiro atoms. The Balaban J connectivity index is 1.51. The van der Waals surface area contributed by atoms with Crippen LogP contribution in [0.15, 0.2) is 35.5 Å². The Morgan fingerprint density at radius 3 is 2.70 bits per heavy atom. The van der Waals surface area contributed by atoms with Crippen LogP contribution < -0.4 is 5.32 Å². The van der Waals surface area contributed by atoms with E-state index in [-0.39, 0.29) is 11.8 Å². The highest BCUT2D eigenvalue weighted by molar-refractivity contribution is 7.99. The molecule has 0 aliphatic rings. The number of hydrogen-bond donors (Lipinski definition) is 1. The van der Waals surface area contributed by atoms with Crippen LogP contribution in [0.2, 0.25) is 0 Å². The van der Waals surface area contributed by atoms with Crippen molar-refractivity contribution in [2.45, 2.75) is 45.2 Å². The Bertz CT molecular complexity index is 1200. The van der Waals surface area contributed by atoms with Crippen molar-refractivity contribution in [3.05, 3.63) is 52.2 Å². The molecule has 3 aromatic heterocycles. The highest BCUT2D eigenvalue weighted by atomic mass is 32.2. The fraction of sp³-hybridized carbons (Fsp3) is 0.364. The third-order valence-corrected chi connectivity index (χ3v) is 7.13. The highest BCUT2D eigenvalue weighted by Crippen LogP contribution is 2.34. The van der Waals surface area contributed by atoms with E-state index in [1.54, 1.807) is 11.3 Å². The molecule has 1 N–H and O–H groups in total. The molecule has 0 bridgehead atoms. The van der Waals surface area contributed by atoms with E-state index in [4.69, 9.17) is 4.98 Å². The van der Waals surface area contributed by atoms with E-state index < -0.39 is 0 Å². The summed E-state index contributed by atoms with van der Waals surface area (Å²) in [6, 6.07) is 10.2. The van der Waals surface area contributed by atoms with Gasteiger partial charge in [0.25, 0.3) is 0 Å². The van der Waals surface area contributed by atoms with Crippen LogP contribution in [0.4, 0.5) is 0 Å². The number of aromatic nitrogens is 4. The van der Waals surface area contributed by atoms with Crippen LogP contribution in [0, 0.1) is 13.8 Å². The van der Waals surface area contributed by atoms with Crippen LogP contribution in [-0.4, -0.2) is 37.8 Å². The van der Waals surface area contributed by atoms with Gasteiger partial charge >= 0.3 is 0 Å². The zero-order chi connectivity index (χ0) is 21.3. The Kier molecular flexibility index (Phi) is 6.06. The summed E-state index contributed by atoms with van der Waals surface area (Å²) in [7, 11) is 0. The Morgan fingerprint density at radius 2 is 1.97 bits per heavy atom. The summed E-state index contributed by atoms with van der Waals surface area (Å²) in [4.78, 5) is 19.5. The topological polar surface area (TPSA) is 72.2 Å². The van der Waals surface area contributed by atoms with Gasteiger partial charge in [0.05, 0.1) is 11.1 Å². The predicted octanol–water partition coefficient (Wildman–Crippen LogP) is 4.53. The van der Waals surface area contributed by atoms with E-state index in [0.29, 0.717) is 17.5 Å². The lowest BCUT2D eigenvalue weighted by molar-refractivity contribution is -0.118. The standard InChI is InChI=1S/C22H25N5OS2/c1-13(2)19-24-21-18(14(3)15(4)30-21)20-25-26-22(27(19)20)29-12-17(28)23-11-10-16-8-6-5-7-9-16/h5-9,13H,10-12H2,1-4H3,(H,23,28). The van der Waals surface area contributed by atoms with Gasteiger partial charge in [0, 0.05) is 17.3 Å². The maximum absolute atomic E-state index is 12.3. The van der Waals surface area contributed by atoms with Crippen LogP contribution in [-0.2, 0) is 11.2 Å². The van der Waals surface area contributed by atoms with Gasteiger partial charge in [0.1, 0.15) is 10.7 Å². The number of thioether (sulfide) groups is 1. The molecule has 0 fully saturated rings. The molecule has 0 radical (unpaired) electrons. The highest BCUT2D eigenvalue weighted by Gasteiger charge is 2.21. The molecule has 4 aromatic rings. The third-order valence-electron chi connectivity index (χ3n) is 5.10. The number of hydrogen-bond acceptors (Lipinski definition) is 6. The second-order valence-electron chi connectivity index (χ2n) is 7.60. The van der Waals surface area contributed by atoms with Gasteiger partial charge in [-0.3, -0.25) is 9.20 Å². The molecule has 8 heteroatoms. The Hall–Kier alpha value is -2.45. The van der Waals surface area contributed by atoms with Crippen molar-refractivity contribution >= 4 is 44.9 Å². The summed E-state index contributed by atoms with van der Waals surface area (Å²) in [5.41, 5.74) is 3.25. The molecule has 1 aromatic carbocycles. The van der Waals surface area contributed by atoms with Crippen molar-refractivity contribution < 1.29 is 4.79 Å². The van der Waals surface area contributed by atoms with Gasteiger partial charge in [-0.1, -0.05) is 55.9 Å². The molecule has 1 amide bonds. The monoisotopic (exact) mass is 439 g/mol. The molecule has 6 nitrogen and oxygen atoms in total. The fourth-order valence-electron chi connectivity index (χ4n) is 3.40. The molecular weight excluding hydrogens is 414 g/mol. The van der Waals surface area contributed by atoms with E-state index >= 15 is 0 Å². The summed E-state index contributed by atoms with van der Waals surface area (Å²) in [6.45, 7) is 9.07. The number of carbonyl (C=O) groups is 1. The molecule has 0 saturated heterocycles. The first kappa shape index (κ1) is 20.8. The van der Waals surface area contributed by atoms with Crippen LogP contribution in [0.25, 0.3) is 15.9 Å². The lowest BCUT2D eigenvalue weighted by Crippen LogP contribution is -2.27. The first-order chi connectivity index (χ1) is 14.5. The predicted molar refractivity (Wildman–Crippen MR) is 124 cm³/mol. The lowest BCUT2D eigenvalue weighted by Gasteiger charge is -2.10. The minimum Gasteiger partial charge on any atom is -0.355 e. The molecular formula is C22H25N5OS2. The molecule has 4 rings (SSSR count). The van der Waals surface area contributed by atoms with Crippen LogP contribution in [0.3, 0.4) is 0 Å². The van der Waals surface area contributed by atoms with Gasteiger partial charge in [-0.05, 0) is 31.4 Å². The third kappa shape index (κ3) is 4.06. The normalized spacial score (nSPS) is 11.6. The van der Waals surface area contributed by atoms with Crippen LogP contribution in [0.5, 0.6) is 0 Å². The molecule has 0 aliphatic heterocycles. The second kappa shape index (κ2) is 8.73. The van der Waals surface area contributed by atoms with E-state index in [2.05, 4.69) is 55.3 Å². The van der Waals surface area contributed by atoms with E-state index in [9.17, 15) is 4.79 Å². The number of thiophene rings is 1. The summed E-state index contributed by atoms with van der Waals surface area (Å²) in [5, 5.41) is 13.6. The molecule has 0 aliphatic carbocycles. The second-order valence-corrected chi connectivity index (χ2v) is 9.75. The maximum atomic E-state index is 12.3. The van der Waals surface area contributed by atoms with Gasteiger partial charge in [-0.2, -0.15) is 0 Å². The number of nitrogens with one attached hydrogen (secondary N) is 1. The van der Waals surface area contributed by atoms with Crippen molar-refractivity contribution in [3.63, 3.8) is 0 Å². The fourth-order valence-corrected chi connectivity index (χ4v) is 5.20. The molecule has 3 heterocycles. The van der Waals surface area contributed by atoms with Gasteiger partial charge in [-0.25, -0.2) is 4.98 Å². The number of nitrogens with zero attached hydrogens (tertiary/aromatic N) is 4. The molecule has 30 heavy (non-hydrogen) atoms. The summed E-state index contributed by atoms with van der Waals surface area (Å²) in [5.74, 6) is 1.44. The zero-order valence-corrected chi connectivity index (χ0v) is 19.2. The summed E-state index contributed by atoms with van der Waals surface area (Å²) < 4.78 is 2.02. The smallest absolute Gasteiger partial charge is 0.230 e. The van der Waals surface area contributed by atoms with Gasteiger partial charge in [-0.15, -0.1) is 21.5 Å². The van der Waals surface area contributed by atoms with E-state index in [1.165, 1.54) is 27.8 Å². The van der Waals surface area contributed by atoms with Crippen LogP contribution >= 0.6 is 23.1 Å². The van der Waals surface area contributed by atoms with Crippen molar-refractivity contribution in [2.24, 2.45) is 0 Å². The van der Waals surface area contributed by atoms with E-state index in [1.807, 2.05) is 22.6 Å². The Labute approximate surface area is 184 Å². The Morgan fingerprint density at radius 1 is 1.20 bits per heavy atom. The molecule has 0 saturated carbocycles. The first-order valence-corrected chi connectivity index (χ1v) is 11.8. The SMILES string of the molecule is Cc1sc2nc(C(C)C)n3c(SCC(=O)NCCc4ccccc4)nnc3c2c1C. The summed E-state index contributed by atoms with van der Waals surface area (Å²) >= 11 is 3.10. The zero-order valence-electron chi connectivity index (χ0n) is 17.6. The number of amides is 1. The summed E-state index contributed by atoms with van der Waals surface area (Å²) in [6.07, 6.45) is 0.821. The lowest BCUT2D eigenvalue weighted by atomic mass is 10.1. The number of benzene rings is 1. The van der Waals surface area contributed by atoms with Crippen molar-refractivity contribution in [1.29, 1.82) is 0 Å². The molecule has 0 unspecified atom stereocenters. The van der Waals surface area contributed by atoms with Gasteiger partial charge in [0.15, 0.2) is 10.8 Å². The first-order valence-electron chi connectivity index (χ1n) is 10.0. The average molecular weight is 440 g/mol. The molecule has 156 valence electrons. The quantitative estimate of drug-likeness (QED) is 0.428. The minimum absolute atomic E-state index is 0.00428. The van der Waals surface area contributed by atoms with Gasteiger partial charge in [0.2, 0.25) is 5.91 Å². The average Bonchev–Trinajstić information content (AvgIpc) is 3.27. The minimum atomic E-state index is -0.00428. The van der Waals surface area contributed by atoms with Gasteiger partial charge < -0.3 is 5.32 Å². The number of aryl methyl sites for hydroxylation is 2. The molecule has 0 atom stereocenters. The van der Waals surface area contributed by atoms with Crippen molar-refractivity contribution in [1.82, 2.24) is 24.9 Å². The number of carbonyl (C=O) groups excluding carboxylic acids is 1. The van der Waals surface area contributed by atoms with Crippen molar-refractivity contribution in [2.75, 3.05) is 12.3 Å². The number of fused-ring (bicyclic) bond motifs is 3. The van der Waals surface area contributed by atoms with Crippen LogP contribution in [0.1, 0.15) is 41.6 Å².